The van der Waals surface area contributed by atoms with Gasteiger partial charge < -0.3 is 30.4 Å². The highest BCUT2D eigenvalue weighted by molar-refractivity contribution is 6.12. The zero-order valence-corrected chi connectivity index (χ0v) is 24.1. The van der Waals surface area contributed by atoms with Crippen molar-refractivity contribution >= 4 is 17.2 Å². The first-order valence-corrected chi connectivity index (χ1v) is 12.5. The molecule has 0 radical (unpaired) electrons. The molecule has 0 bridgehead atoms. The summed E-state index contributed by atoms with van der Waals surface area (Å²) in [7, 11) is 7.15. The van der Waals surface area contributed by atoms with Crippen molar-refractivity contribution < 1.29 is 9.47 Å². The third kappa shape index (κ3) is 7.59. The molecule has 7 nitrogen and oxygen atoms in total. The lowest BCUT2D eigenvalue weighted by Gasteiger charge is -2.29. The van der Waals surface area contributed by atoms with E-state index >= 15 is 0 Å². The van der Waals surface area contributed by atoms with Crippen molar-refractivity contribution in [1.29, 1.82) is 0 Å². The number of nitrogens with zero attached hydrogens (tertiary/aromatic N) is 3. The van der Waals surface area contributed by atoms with E-state index in [1.807, 2.05) is 74.2 Å². The molecule has 0 aliphatic heterocycles. The summed E-state index contributed by atoms with van der Waals surface area (Å²) in [6.45, 7) is 16.2. The second-order valence-corrected chi connectivity index (χ2v) is 8.47. The second kappa shape index (κ2) is 15.7. The fourth-order valence-electron chi connectivity index (χ4n) is 3.82. The maximum absolute atomic E-state index is 6.04. The molecular weight excluding hydrogens is 474 g/mol. The molecule has 7 heteroatoms. The van der Waals surface area contributed by atoms with Crippen LogP contribution in [0.2, 0.25) is 0 Å². The number of hydrogen-bond donors (Lipinski definition) is 2. The smallest absolute Gasteiger partial charge is 0.165 e. The number of allylic oxidation sites excluding steroid dienone is 3. The molecule has 0 atom stereocenters. The number of benzene rings is 2. The molecule has 2 aromatic rings. The van der Waals surface area contributed by atoms with Crippen LogP contribution in [0.5, 0.6) is 11.5 Å². The van der Waals surface area contributed by atoms with Crippen LogP contribution in [0.4, 0.5) is 11.4 Å². The first kappa shape index (κ1) is 31.7. The molecule has 0 aliphatic rings. The number of rotatable bonds is 11. The molecule has 2 aromatic carbocycles. The molecule has 0 unspecified atom stereocenters. The number of hydrogen-bond acceptors (Lipinski definition) is 6. The molecule has 0 saturated heterocycles. The van der Waals surface area contributed by atoms with Crippen molar-refractivity contribution in [2.24, 2.45) is 10.9 Å². The summed E-state index contributed by atoms with van der Waals surface area (Å²) >= 11 is 0. The standard InChI is InChI=1S/C29H37N5O2.C2H6/c1-10-13-22(12-3)31-19-34(23-14-15-26(33(6)7)21(11-2)16-23)29(32-30)25-17-24(20(4)5)27(35-8)18-28(25)36-9;1-2/h2,10,12-18,20,31H,1,3,19,30H2,4-9H3;1-2H3/b22-13+,32-29-;. The van der Waals surface area contributed by atoms with Gasteiger partial charge in [-0.25, -0.2) is 0 Å². The summed E-state index contributed by atoms with van der Waals surface area (Å²) in [5.74, 6) is 10.8. The van der Waals surface area contributed by atoms with Crippen LogP contribution < -0.4 is 30.4 Å². The molecule has 204 valence electrons. The number of terminal acetylenes is 1. The molecule has 0 saturated carbocycles. The van der Waals surface area contributed by atoms with Crippen LogP contribution in [0.25, 0.3) is 0 Å². The van der Waals surface area contributed by atoms with E-state index in [1.54, 1.807) is 26.4 Å². The zero-order chi connectivity index (χ0) is 28.8. The van der Waals surface area contributed by atoms with Gasteiger partial charge in [-0.05, 0) is 47.9 Å². The van der Waals surface area contributed by atoms with Crippen molar-refractivity contribution in [2.75, 3.05) is 44.8 Å². The van der Waals surface area contributed by atoms with Gasteiger partial charge in [-0.1, -0.05) is 52.8 Å². The summed E-state index contributed by atoms with van der Waals surface area (Å²) in [6, 6.07) is 9.76. The Morgan fingerprint density at radius 3 is 2.26 bits per heavy atom. The van der Waals surface area contributed by atoms with Crippen molar-refractivity contribution in [3.63, 3.8) is 0 Å². The van der Waals surface area contributed by atoms with E-state index in [2.05, 4.69) is 43.3 Å². The van der Waals surface area contributed by atoms with Crippen LogP contribution in [0.3, 0.4) is 0 Å². The summed E-state index contributed by atoms with van der Waals surface area (Å²) in [5.41, 5.74) is 5.00. The number of ether oxygens (including phenoxy) is 2. The van der Waals surface area contributed by atoms with Crippen LogP contribution in [-0.4, -0.2) is 40.8 Å². The highest BCUT2D eigenvalue weighted by Crippen LogP contribution is 2.35. The number of anilines is 2. The average Bonchev–Trinajstić information content (AvgIpc) is 2.94. The van der Waals surface area contributed by atoms with E-state index < -0.39 is 0 Å². The third-order valence-electron chi connectivity index (χ3n) is 5.68. The Morgan fingerprint density at radius 1 is 1.13 bits per heavy atom. The van der Waals surface area contributed by atoms with Gasteiger partial charge in [0.1, 0.15) is 11.5 Å². The van der Waals surface area contributed by atoms with Gasteiger partial charge in [0.05, 0.1) is 32.1 Å². The summed E-state index contributed by atoms with van der Waals surface area (Å²) in [4.78, 5) is 3.92. The van der Waals surface area contributed by atoms with E-state index in [0.29, 0.717) is 18.3 Å². The van der Waals surface area contributed by atoms with Gasteiger partial charge in [0.25, 0.3) is 0 Å². The van der Waals surface area contributed by atoms with Gasteiger partial charge in [0.15, 0.2) is 5.84 Å². The number of methoxy groups -OCH3 is 2. The fourth-order valence-corrected chi connectivity index (χ4v) is 3.82. The van der Waals surface area contributed by atoms with Crippen LogP contribution in [0, 0.1) is 12.3 Å². The highest BCUT2D eigenvalue weighted by atomic mass is 16.5. The number of nitrogens with one attached hydrogen (secondary N) is 1. The van der Waals surface area contributed by atoms with Gasteiger partial charge >= 0.3 is 0 Å². The molecular formula is C31H43N5O2. The second-order valence-electron chi connectivity index (χ2n) is 8.47. The number of nitrogens with two attached hydrogens (primary N) is 1. The topological polar surface area (TPSA) is 75.3 Å². The van der Waals surface area contributed by atoms with E-state index in [4.69, 9.17) is 21.7 Å². The predicted molar refractivity (Wildman–Crippen MR) is 163 cm³/mol. The minimum Gasteiger partial charge on any atom is -0.496 e. The molecule has 0 heterocycles. The molecule has 0 spiro atoms. The van der Waals surface area contributed by atoms with Crippen molar-refractivity contribution in [3.05, 3.63) is 84.1 Å². The number of amidine groups is 1. The van der Waals surface area contributed by atoms with E-state index in [-0.39, 0.29) is 5.92 Å². The minimum absolute atomic E-state index is 0.200. The molecule has 0 fully saturated rings. The lowest BCUT2D eigenvalue weighted by molar-refractivity contribution is 0.389. The van der Waals surface area contributed by atoms with E-state index in [9.17, 15) is 0 Å². The normalized spacial score (nSPS) is 11.1. The first-order valence-electron chi connectivity index (χ1n) is 12.5. The Hall–Kier alpha value is -4.31. The van der Waals surface area contributed by atoms with E-state index in [1.165, 1.54) is 0 Å². The van der Waals surface area contributed by atoms with Gasteiger partial charge in [0, 0.05) is 37.1 Å². The number of hydrazone groups is 1. The summed E-state index contributed by atoms with van der Waals surface area (Å²) in [6.07, 6.45) is 11.1. The maximum Gasteiger partial charge on any atom is 0.165 e. The lowest BCUT2D eigenvalue weighted by Crippen LogP contribution is -2.40. The van der Waals surface area contributed by atoms with Crippen molar-refractivity contribution in [1.82, 2.24) is 5.32 Å². The Morgan fingerprint density at radius 2 is 1.79 bits per heavy atom. The molecule has 2 rings (SSSR count). The molecule has 0 amide bonds. The van der Waals surface area contributed by atoms with Crippen LogP contribution in [-0.2, 0) is 0 Å². The van der Waals surface area contributed by atoms with Gasteiger partial charge in [-0.3, -0.25) is 0 Å². The Labute approximate surface area is 229 Å². The summed E-state index contributed by atoms with van der Waals surface area (Å²) in [5, 5.41) is 7.58. The quantitative estimate of drug-likeness (QED) is 0.0743. The monoisotopic (exact) mass is 517 g/mol. The first-order chi connectivity index (χ1) is 18.3. The Kier molecular flexibility index (Phi) is 13.1. The zero-order valence-electron chi connectivity index (χ0n) is 24.1. The largest absolute Gasteiger partial charge is 0.496 e. The lowest BCUT2D eigenvalue weighted by atomic mass is 9.97. The van der Waals surface area contributed by atoms with Crippen molar-refractivity contribution in [2.45, 2.75) is 33.6 Å². The van der Waals surface area contributed by atoms with Gasteiger partial charge in [-0.2, -0.15) is 5.10 Å². The third-order valence-corrected chi connectivity index (χ3v) is 5.68. The van der Waals surface area contributed by atoms with Crippen LogP contribution >= 0.6 is 0 Å². The summed E-state index contributed by atoms with van der Waals surface area (Å²) < 4.78 is 11.3. The predicted octanol–water partition coefficient (Wildman–Crippen LogP) is 5.83. The van der Waals surface area contributed by atoms with Crippen LogP contribution in [0.15, 0.2) is 72.5 Å². The SMILES string of the molecule is C#Cc1cc(N(CN/C(C=C)=C/C=C)/C(=N\N)c2cc(C(C)C)c(OC)cc2OC)ccc1N(C)C.CC. The van der Waals surface area contributed by atoms with Crippen molar-refractivity contribution in [3.8, 4) is 23.8 Å². The molecule has 0 aromatic heterocycles. The average molecular weight is 518 g/mol. The minimum atomic E-state index is 0.200. The van der Waals surface area contributed by atoms with E-state index in [0.717, 1.165) is 39.5 Å². The molecule has 38 heavy (non-hydrogen) atoms. The van der Waals surface area contributed by atoms with Gasteiger partial charge in [0.2, 0.25) is 0 Å². The van der Waals surface area contributed by atoms with Gasteiger partial charge in [-0.15, -0.1) is 6.42 Å². The Bertz CT molecular complexity index is 1190. The van der Waals surface area contributed by atoms with Crippen LogP contribution in [0.1, 0.15) is 50.3 Å². The fraction of sp³-hybridized carbons (Fsp3) is 0.323. The maximum atomic E-state index is 6.04. The Balaban J connectivity index is 0.00000352. The molecule has 3 N–H and O–H groups in total. The highest BCUT2D eigenvalue weighted by Gasteiger charge is 2.24. The molecule has 0 aliphatic carbocycles.